The number of likely N-dealkylation sites (N-methyl/N-ethyl adjacent to an activating group) is 1. The minimum Gasteiger partial charge on any atom is -0.361 e. The Hall–Kier alpha value is -4.44. The Balaban J connectivity index is 1.62. The molecular weight excluding hydrogens is 540 g/mol. The molecule has 0 aliphatic carbocycles. The maximum Gasteiger partial charge on any atom is 0.264 e. The van der Waals surface area contributed by atoms with Crippen molar-refractivity contribution in [3.63, 3.8) is 0 Å². The zero-order valence-electron chi connectivity index (χ0n) is 23.7. The highest BCUT2D eigenvalue weighted by Gasteiger charge is 2.38. The van der Waals surface area contributed by atoms with Gasteiger partial charge in [0.2, 0.25) is 5.91 Å². The Morgan fingerprint density at radius 3 is 2.20 bits per heavy atom. The Morgan fingerprint density at radius 1 is 0.927 bits per heavy atom. The van der Waals surface area contributed by atoms with Gasteiger partial charge in [-0.3, -0.25) is 14.4 Å². The van der Waals surface area contributed by atoms with Crippen molar-refractivity contribution in [1.29, 1.82) is 0 Å². The average molecular weight is 575 g/mol. The molecule has 1 unspecified atom stereocenters. The van der Waals surface area contributed by atoms with Crippen molar-refractivity contribution in [3.8, 4) is 0 Å². The number of hydrogen-bond acceptors (Lipinski definition) is 5. The number of sulfonamides is 1. The van der Waals surface area contributed by atoms with Gasteiger partial charge in [0.05, 0.1) is 4.90 Å². The molecule has 0 bridgehead atoms. The number of H-pyrrole nitrogens is 1. The van der Waals surface area contributed by atoms with Crippen LogP contribution in [0.25, 0.3) is 10.9 Å². The first-order valence-electron chi connectivity index (χ1n) is 13.1. The highest BCUT2D eigenvalue weighted by molar-refractivity contribution is 7.90. The molecule has 9 nitrogen and oxygen atoms in total. The van der Waals surface area contributed by atoms with E-state index in [4.69, 9.17) is 0 Å². The van der Waals surface area contributed by atoms with Crippen LogP contribution in [0.4, 0.5) is 0 Å². The maximum atomic E-state index is 13.7. The van der Waals surface area contributed by atoms with Gasteiger partial charge in [-0.05, 0) is 63.6 Å². The van der Waals surface area contributed by atoms with Crippen LogP contribution in [0, 0.1) is 13.8 Å². The molecule has 41 heavy (non-hydrogen) atoms. The quantitative estimate of drug-likeness (QED) is 0.280. The number of rotatable bonds is 9. The second-order valence-corrected chi connectivity index (χ2v) is 12.4. The van der Waals surface area contributed by atoms with Gasteiger partial charge in [-0.2, -0.15) is 0 Å². The summed E-state index contributed by atoms with van der Waals surface area (Å²) in [7, 11) is -2.67. The Bertz CT molecular complexity index is 1690. The summed E-state index contributed by atoms with van der Waals surface area (Å²) < 4.78 is 28.0. The summed E-state index contributed by atoms with van der Waals surface area (Å²) in [4.78, 5) is 44.9. The fourth-order valence-corrected chi connectivity index (χ4v) is 5.67. The number of para-hydroxylation sites is 1. The number of nitrogens with zero attached hydrogens (tertiary/aromatic N) is 1. The number of carbonyl (C=O) groups is 3. The molecular formula is C31H34N4O5S. The van der Waals surface area contributed by atoms with Gasteiger partial charge < -0.3 is 15.2 Å². The first-order valence-corrected chi connectivity index (χ1v) is 14.6. The summed E-state index contributed by atoms with van der Waals surface area (Å²) in [6, 6.07) is 19.2. The molecule has 4 rings (SSSR count). The second-order valence-electron chi connectivity index (χ2n) is 10.7. The molecule has 3 N–H and O–H groups in total. The van der Waals surface area contributed by atoms with Crippen molar-refractivity contribution in [1.82, 2.24) is 19.9 Å². The number of benzene rings is 3. The summed E-state index contributed by atoms with van der Waals surface area (Å²) in [5, 5.41) is 3.56. The van der Waals surface area contributed by atoms with Crippen LogP contribution in [0.2, 0.25) is 0 Å². The normalized spacial score (nSPS) is 12.5. The summed E-state index contributed by atoms with van der Waals surface area (Å²) in [5.74, 6) is -1.87. The van der Waals surface area contributed by atoms with Crippen LogP contribution in [0.1, 0.15) is 40.9 Å². The molecule has 3 aromatic carbocycles. The Kier molecular flexibility index (Phi) is 8.34. The van der Waals surface area contributed by atoms with Crippen LogP contribution in [-0.2, 0) is 26.0 Å². The summed E-state index contributed by atoms with van der Waals surface area (Å²) in [6.07, 6.45) is 1.74. The molecule has 0 radical (unpaired) electrons. The number of aromatic amines is 1. The van der Waals surface area contributed by atoms with Gasteiger partial charge in [-0.25, -0.2) is 13.1 Å². The van der Waals surface area contributed by atoms with Crippen molar-refractivity contribution in [3.05, 3.63) is 101 Å². The molecule has 1 aromatic heterocycles. The third-order valence-electron chi connectivity index (χ3n) is 7.18. The number of aromatic nitrogens is 1. The molecule has 0 aliphatic heterocycles. The molecule has 4 aromatic rings. The summed E-state index contributed by atoms with van der Waals surface area (Å²) >= 11 is 0. The monoisotopic (exact) mass is 574 g/mol. The molecule has 0 saturated carbocycles. The van der Waals surface area contributed by atoms with Gasteiger partial charge in [-0.15, -0.1) is 0 Å². The van der Waals surface area contributed by atoms with Gasteiger partial charge in [0.15, 0.2) is 0 Å². The predicted octanol–water partition coefficient (Wildman–Crippen LogP) is 3.87. The molecule has 0 fully saturated rings. The van der Waals surface area contributed by atoms with E-state index in [9.17, 15) is 22.8 Å². The number of nitrogens with one attached hydrogen (secondary N) is 3. The van der Waals surface area contributed by atoms with Crippen molar-refractivity contribution < 1.29 is 22.8 Å². The van der Waals surface area contributed by atoms with Crippen molar-refractivity contribution in [2.45, 2.75) is 50.6 Å². The molecule has 1 atom stereocenters. The lowest BCUT2D eigenvalue weighted by molar-refractivity contribution is -0.133. The fraction of sp³-hybridized carbons (Fsp3) is 0.258. The van der Waals surface area contributed by atoms with E-state index in [0.717, 1.165) is 27.6 Å². The van der Waals surface area contributed by atoms with Gasteiger partial charge in [0.1, 0.15) is 11.6 Å². The topological polar surface area (TPSA) is 128 Å². The van der Waals surface area contributed by atoms with Crippen molar-refractivity contribution >= 4 is 38.6 Å². The standard InChI is InChI=1S/C31H34N4O5S/c1-20-15-21(2)17-22(16-20)29(37)35(5)31(3,4)30(38)33-27(18-23-19-32-26-14-10-9-13-25(23)26)28(36)34-41(39,40)24-11-7-6-8-12-24/h6-17,19,27,32H,18H2,1-5H3,(H,33,38)(H,34,36). The van der Waals surface area contributed by atoms with Crippen LogP contribution < -0.4 is 10.0 Å². The fourth-order valence-electron chi connectivity index (χ4n) is 4.62. The minimum atomic E-state index is -4.19. The molecule has 0 aliphatic rings. The highest BCUT2D eigenvalue weighted by atomic mass is 32.2. The van der Waals surface area contributed by atoms with Crippen molar-refractivity contribution in [2.75, 3.05) is 7.05 Å². The predicted molar refractivity (Wildman–Crippen MR) is 158 cm³/mol. The molecule has 0 saturated heterocycles. The summed E-state index contributed by atoms with van der Waals surface area (Å²) in [6.45, 7) is 6.92. The first-order chi connectivity index (χ1) is 19.3. The van der Waals surface area contributed by atoms with E-state index >= 15 is 0 Å². The highest BCUT2D eigenvalue weighted by Crippen LogP contribution is 2.22. The Morgan fingerprint density at radius 2 is 1.54 bits per heavy atom. The van der Waals surface area contributed by atoms with Crippen LogP contribution in [0.15, 0.2) is 83.9 Å². The van der Waals surface area contributed by atoms with E-state index in [-0.39, 0.29) is 17.2 Å². The van der Waals surface area contributed by atoms with E-state index in [1.165, 1.54) is 24.1 Å². The third kappa shape index (κ3) is 6.49. The molecule has 3 amide bonds. The largest absolute Gasteiger partial charge is 0.361 e. The smallest absolute Gasteiger partial charge is 0.264 e. The number of amides is 3. The van der Waals surface area contributed by atoms with E-state index in [2.05, 4.69) is 15.0 Å². The van der Waals surface area contributed by atoms with Crippen LogP contribution in [0.5, 0.6) is 0 Å². The summed E-state index contributed by atoms with van der Waals surface area (Å²) in [5.41, 5.74) is 2.44. The molecule has 1 heterocycles. The van der Waals surface area contributed by atoms with Gasteiger partial charge in [0, 0.05) is 36.1 Å². The van der Waals surface area contributed by atoms with Gasteiger partial charge in [-0.1, -0.05) is 53.6 Å². The minimum absolute atomic E-state index is 0.0106. The van der Waals surface area contributed by atoms with Crippen LogP contribution in [-0.4, -0.2) is 54.7 Å². The molecule has 10 heteroatoms. The zero-order chi connectivity index (χ0) is 29.9. The average Bonchev–Trinajstić information content (AvgIpc) is 3.34. The maximum absolute atomic E-state index is 13.7. The van der Waals surface area contributed by atoms with E-state index in [0.29, 0.717) is 5.56 Å². The first kappa shape index (κ1) is 29.5. The molecule has 214 valence electrons. The lowest BCUT2D eigenvalue weighted by Gasteiger charge is -2.35. The van der Waals surface area contributed by atoms with Crippen LogP contribution >= 0.6 is 0 Å². The second kappa shape index (κ2) is 11.6. The lowest BCUT2D eigenvalue weighted by Crippen LogP contribution is -2.60. The lowest BCUT2D eigenvalue weighted by atomic mass is 9.98. The van der Waals surface area contributed by atoms with Crippen LogP contribution in [0.3, 0.4) is 0 Å². The number of hydrogen-bond donors (Lipinski definition) is 3. The van der Waals surface area contributed by atoms with Gasteiger partial charge in [0.25, 0.3) is 21.8 Å². The number of fused-ring (bicyclic) bond motifs is 1. The zero-order valence-corrected chi connectivity index (χ0v) is 24.5. The van der Waals surface area contributed by atoms with Gasteiger partial charge >= 0.3 is 0 Å². The third-order valence-corrected chi connectivity index (χ3v) is 8.54. The number of carbonyl (C=O) groups excluding carboxylic acids is 3. The molecule has 0 spiro atoms. The van der Waals surface area contributed by atoms with E-state index in [1.807, 2.05) is 44.2 Å². The Labute approximate surface area is 240 Å². The van der Waals surface area contributed by atoms with E-state index in [1.54, 1.807) is 50.4 Å². The van der Waals surface area contributed by atoms with Crippen molar-refractivity contribution in [2.24, 2.45) is 0 Å². The SMILES string of the molecule is Cc1cc(C)cc(C(=O)N(C)C(C)(C)C(=O)NC(Cc2c[nH]c3ccccc23)C(=O)NS(=O)(=O)c2ccccc2)c1. The van der Waals surface area contributed by atoms with E-state index < -0.39 is 33.4 Å². The number of aryl methyl sites for hydroxylation is 2.